The molecule has 0 spiro atoms. The summed E-state index contributed by atoms with van der Waals surface area (Å²) in [5.74, 6) is -0.962. The zero-order valence-electron chi connectivity index (χ0n) is 11.9. The molecule has 0 aromatic heterocycles. The third kappa shape index (κ3) is 4.23. The smallest absolute Gasteiger partial charge is 0.335 e. The Hall–Kier alpha value is -1.56. The number of likely N-dealkylation sites (N-methyl/N-ethyl adjacent to an activating group) is 1. The number of carboxylic acid groups (broad SMARTS) is 1. The summed E-state index contributed by atoms with van der Waals surface area (Å²) < 4.78 is 0.678. The van der Waals surface area contributed by atoms with Gasteiger partial charge in [0.25, 0.3) is 0 Å². The van der Waals surface area contributed by atoms with Crippen molar-refractivity contribution in [3.8, 4) is 0 Å². The summed E-state index contributed by atoms with van der Waals surface area (Å²) in [7, 11) is 3.43. The Morgan fingerprint density at radius 2 is 1.95 bits per heavy atom. The number of aromatic carboxylic acids is 1. The quantitative estimate of drug-likeness (QED) is 0.862. The first kappa shape index (κ1) is 16.5. The average molecular weight is 343 g/mol. The molecule has 5 nitrogen and oxygen atoms in total. The molecule has 0 saturated heterocycles. The normalized spacial score (nSPS) is 10.2. The highest BCUT2D eigenvalue weighted by Gasteiger charge is 2.16. The standard InChI is InChI=1S/C14H19BrN2O3/c1-4-7-17(9-13(18)16(2)3)12-6-5-10(14(19)20)8-11(12)15/h5-6,8H,4,7,9H2,1-3H3,(H,19,20). The van der Waals surface area contributed by atoms with Gasteiger partial charge in [-0.25, -0.2) is 4.79 Å². The van der Waals surface area contributed by atoms with Gasteiger partial charge in [0.1, 0.15) is 0 Å². The average Bonchev–Trinajstić information content (AvgIpc) is 2.37. The van der Waals surface area contributed by atoms with Gasteiger partial charge in [-0.2, -0.15) is 0 Å². The van der Waals surface area contributed by atoms with Gasteiger partial charge >= 0.3 is 5.97 Å². The maximum atomic E-state index is 11.9. The molecule has 1 aromatic rings. The lowest BCUT2D eigenvalue weighted by Gasteiger charge is -2.26. The zero-order valence-corrected chi connectivity index (χ0v) is 13.5. The maximum Gasteiger partial charge on any atom is 0.335 e. The number of halogens is 1. The summed E-state index contributed by atoms with van der Waals surface area (Å²) in [6.45, 7) is 3.03. The summed E-state index contributed by atoms with van der Waals surface area (Å²) in [6, 6.07) is 4.83. The molecule has 0 heterocycles. The van der Waals surface area contributed by atoms with Crippen LogP contribution in [0.1, 0.15) is 23.7 Å². The lowest BCUT2D eigenvalue weighted by atomic mass is 10.2. The molecular formula is C14H19BrN2O3. The number of amides is 1. The van der Waals surface area contributed by atoms with E-state index in [2.05, 4.69) is 15.9 Å². The van der Waals surface area contributed by atoms with Crippen molar-refractivity contribution >= 4 is 33.5 Å². The van der Waals surface area contributed by atoms with Crippen LogP contribution in [0, 0.1) is 0 Å². The van der Waals surface area contributed by atoms with Crippen LogP contribution in [-0.4, -0.2) is 49.1 Å². The predicted molar refractivity (Wildman–Crippen MR) is 82.3 cm³/mol. The number of hydrogen-bond acceptors (Lipinski definition) is 3. The molecule has 0 aliphatic carbocycles. The van der Waals surface area contributed by atoms with E-state index in [-0.39, 0.29) is 18.0 Å². The molecule has 1 N–H and O–H groups in total. The molecule has 1 amide bonds. The minimum absolute atomic E-state index is 0.00709. The highest BCUT2D eigenvalue weighted by atomic mass is 79.9. The Kier molecular flexibility index (Phi) is 6.01. The van der Waals surface area contributed by atoms with Gasteiger partial charge in [-0.15, -0.1) is 0 Å². The summed E-state index contributed by atoms with van der Waals surface area (Å²) in [4.78, 5) is 26.3. The van der Waals surface area contributed by atoms with E-state index in [9.17, 15) is 9.59 Å². The number of nitrogens with zero attached hydrogens (tertiary/aromatic N) is 2. The van der Waals surface area contributed by atoms with Crippen LogP contribution < -0.4 is 4.90 Å². The van der Waals surface area contributed by atoms with Gasteiger partial charge in [0, 0.05) is 25.1 Å². The minimum Gasteiger partial charge on any atom is -0.478 e. The summed E-state index contributed by atoms with van der Waals surface area (Å²) in [5, 5.41) is 8.97. The Morgan fingerprint density at radius 3 is 2.40 bits per heavy atom. The Balaban J connectivity index is 3.02. The highest BCUT2D eigenvalue weighted by molar-refractivity contribution is 9.10. The molecule has 110 valence electrons. The van der Waals surface area contributed by atoms with Gasteiger partial charge in [-0.05, 0) is 40.5 Å². The van der Waals surface area contributed by atoms with E-state index in [1.807, 2.05) is 11.8 Å². The number of carbonyl (C=O) groups excluding carboxylic acids is 1. The minimum atomic E-state index is -0.969. The van der Waals surface area contributed by atoms with E-state index >= 15 is 0 Å². The van der Waals surface area contributed by atoms with E-state index < -0.39 is 5.97 Å². The molecule has 0 radical (unpaired) electrons. The molecule has 0 bridgehead atoms. The molecule has 0 fully saturated rings. The van der Waals surface area contributed by atoms with E-state index in [0.717, 1.165) is 18.7 Å². The number of hydrogen-bond donors (Lipinski definition) is 1. The first-order chi connectivity index (χ1) is 9.36. The van der Waals surface area contributed by atoms with Crippen LogP contribution in [0.2, 0.25) is 0 Å². The molecule has 1 aromatic carbocycles. The second-order valence-electron chi connectivity index (χ2n) is 4.68. The Labute approximate surface area is 127 Å². The van der Waals surface area contributed by atoms with E-state index in [0.29, 0.717) is 4.47 Å². The predicted octanol–water partition coefficient (Wildman–Crippen LogP) is 2.45. The van der Waals surface area contributed by atoms with Gasteiger partial charge in [0.2, 0.25) is 5.91 Å². The Morgan fingerprint density at radius 1 is 1.30 bits per heavy atom. The van der Waals surface area contributed by atoms with Gasteiger partial charge in [0.05, 0.1) is 17.8 Å². The van der Waals surface area contributed by atoms with Crippen molar-refractivity contribution in [3.63, 3.8) is 0 Å². The van der Waals surface area contributed by atoms with Gasteiger partial charge < -0.3 is 14.9 Å². The third-order valence-electron chi connectivity index (χ3n) is 2.85. The highest BCUT2D eigenvalue weighted by Crippen LogP contribution is 2.27. The fourth-order valence-electron chi connectivity index (χ4n) is 1.76. The van der Waals surface area contributed by atoms with E-state index in [1.54, 1.807) is 37.2 Å². The number of anilines is 1. The number of carbonyl (C=O) groups is 2. The van der Waals surface area contributed by atoms with Gasteiger partial charge in [-0.3, -0.25) is 4.79 Å². The summed E-state index contributed by atoms with van der Waals surface area (Å²) in [6.07, 6.45) is 0.897. The van der Waals surface area contributed by atoms with Crippen molar-refractivity contribution in [3.05, 3.63) is 28.2 Å². The third-order valence-corrected chi connectivity index (χ3v) is 3.49. The van der Waals surface area contributed by atoms with Crippen molar-refractivity contribution in [2.24, 2.45) is 0 Å². The van der Waals surface area contributed by atoms with Crippen LogP contribution in [0.25, 0.3) is 0 Å². The Bertz CT molecular complexity index is 503. The second-order valence-corrected chi connectivity index (χ2v) is 5.54. The van der Waals surface area contributed by atoms with Crippen LogP contribution >= 0.6 is 15.9 Å². The summed E-state index contributed by atoms with van der Waals surface area (Å²) in [5.41, 5.74) is 1.04. The molecule has 0 atom stereocenters. The largest absolute Gasteiger partial charge is 0.478 e. The SMILES string of the molecule is CCCN(CC(=O)N(C)C)c1ccc(C(=O)O)cc1Br. The van der Waals surface area contributed by atoms with Crippen LogP contribution in [-0.2, 0) is 4.79 Å². The molecule has 0 unspecified atom stereocenters. The lowest BCUT2D eigenvalue weighted by Crippen LogP contribution is -2.37. The van der Waals surface area contributed by atoms with E-state index in [4.69, 9.17) is 5.11 Å². The van der Waals surface area contributed by atoms with Crippen LogP contribution in [0.4, 0.5) is 5.69 Å². The number of benzene rings is 1. The first-order valence-electron chi connectivity index (χ1n) is 6.34. The molecule has 20 heavy (non-hydrogen) atoms. The molecule has 6 heteroatoms. The first-order valence-corrected chi connectivity index (χ1v) is 7.14. The molecular weight excluding hydrogens is 324 g/mol. The molecule has 0 aliphatic rings. The maximum absolute atomic E-state index is 11.9. The van der Waals surface area contributed by atoms with Crippen molar-refractivity contribution in [2.75, 3.05) is 32.1 Å². The van der Waals surface area contributed by atoms with Crippen molar-refractivity contribution < 1.29 is 14.7 Å². The molecule has 0 saturated carbocycles. The fraction of sp³-hybridized carbons (Fsp3) is 0.429. The molecule has 0 aliphatic heterocycles. The van der Waals surface area contributed by atoms with Crippen LogP contribution in [0.15, 0.2) is 22.7 Å². The lowest BCUT2D eigenvalue weighted by molar-refractivity contribution is -0.127. The van der Waals surface area contributed by atoms with Crippen LogP contribution in [0.3, 0.4) is 0 Å². The van der Waals surface area contributed by atoms with Crippen molar-refractivity contribution in [2.45, 2.75) is 13.3 Å². The number of rotatable bonds is 6. The van der Waals surface area contributed by atoms with Gasteiger partial charge in [-0.1, -0.05) is 6.92 Å². The molecule has 1 rings (SSSR count). The van der Waals surface area contributed by atoms with E-state index in [1.165, 1.54) is 0 Å². The van der Waals surface area contributed by atoms with Crippen molar-refractivity contribution in [1.29, 1.82) is 0 Å². The van der Waals surface area contributed by atoms with Crippen molar-refractivity contribution in [1.82, 2.24) is 4.90 Å². The van der Waals surface area contributed by atoms with Crippen LogP contribution in [0.5, 0.6) is 0 Å². The summed E-state index contributed by atoms with van der Waals surface area (Å²) >= 11 is 3.38. The van der Waals surface area contributed by atoms with Gasteiger partial charge in [0.15, 0.2) is 0 Å². The number of carboxylic acids is 1. The monoisotopic (exact) mass is 342 g/mol. The fourth-order valence-corrected chi connectivity index (χ4v) is 2.39. The zero-order chi connectivity index (χ0) is 15.3. The second kappa shape index (κ2) is 7.28. The topological polar surface area (TPSA) is 60.9 Å².